The minimum absolute atomic E-state index is 0.0212. The van der Waals surface area contributed by atoms with Gasteiger partial charge in [-0.25, -0.2) is 0 Å². The highest BCUT2D eigenvalue weighted by atomic mass is 16.6. The van der Waals surface area contributed by atoms with Crippen molar-refractivity contribution in [3.63, 3.8) is 0 Å². The molecular weight excluding hydrogens is 336 g/mol. The molecule has 2 aliphatic rings. The molecule has 1 saturated heterocycles. The number of carbonyl (C=O) groups is 1. The van der Waals surface area contributed by atoms with Crippen molar-refractivity contribution in [2.45, 2.75) is 6.92 Å². The van der Waals surface area contributed by atoms with Gasteiger partial charge in [0, 0.05) is 51.1 Å². The van der Waals surface area contributed by atoms with Gasteiger partial charge in [0.2, 0.25) is 0 Å². The fraction of sp³-hybridized carbons (Fsp3) is 0.471. The molecule has 1 fully saturated rings. The molecule has 0 bridgehead atoms. The summed E-state index contributed by atoms with van der Waals surface area (Å²) in [6.45, 7) is 7.35. The second-order valence-corrected chi connectivity index (χ2v) is 6.29. The summed E-state index contributed by atoms with van der Waals surface area (Å²) in [7, 11) is 0. The Labute approximate surface area is 151 Å². The molecule has 0 aliphatic carbocycles. The zero-order valence-electron chi connectivity index (χ0n) is 14.7. The molecule has 1 aromatic rings. The third-order valence-corrected chi connectivity index (χ3v) is 4.50. The van der Waals surface area contributed by atoms with Crippen LogP contribution in [0, 0.1) is 16.0 Å². The van der Waals surface area contributed by atoms with Crippen LogP contribution in [0.4, 0.5) is 11.4 Å². The zero-order valence-corrected chi connectivity index (χ0v) is 14.7. The number of piperazine rings is 1. The lowest BCUT2D eigenvalue weighted by Gasteiger charge is -2.26. The van der Waals surface area contributed by atoms with Crippen LogP contribution >= 0.6 is 0 Å². The number of amides is 1. The molecule has 3 rings (SSSR count). The Morgan fingerprint density at radius 3 is 2.69 bits per heavy atom. The fourth-order valence-electron chi connectivity index (χ4n) is 2.97. The molecule has 0 radical (unpaired) electrons. The van der Waals surface area contributed by atoms with Crippen molar-refractivity contribution in [1.29, 1.82) is 0 Å². The molecule has 9 nitrogen and oxygen atoms in total. The highest BCUT2D eigenvalue weighted by Crippen LogP contribution is 2.25. The van der Waals surface area contributed by atoms with Gasteiger partial charge in [0.1, 0.15) is 5.92 Å². The normalized spacial score (nSPS) is 21.4. The van der Waals surface area contributed by atoms with Crippen molar-refractivity contribution in [1.82, 2.24) is 10.2 Å². The highest BCUT2D eigenvalue weighted by molar-refractivity contribution is 6.23. The molecule has 1 atom stereocenters. The van der Waals surface area contributed by atoms with Gasteiger partial charge in [0.15, 0.2) is 0 Å². The molecule has 0 spiro atoms. The first-order valence-electron chi connectivity index (χ1n) is 8.63. The minimum Gasteiger partial charge on any atom is -0.314 e. The quantitative estimate of drug-likeness (QED) is 0.462. The van der Waals surface area contributed by atoms with Gasteiger partial charge in [-0.15, -0.1) is 0 Å². The largest absolute Gasteiger partial charge is 0.314 e. The number of rotatable bonds is 6. The van der Waals surface area contributed by atoms with E-state index in [1.807, 2.05) is 0 Å². The molecule has 1 N–H and O–H groups in total. The van der Waals surface area contributed by atoms with Crippen LogP contribution in [0.2, 0.25) is 0 Å². The zero-order chi connectivity index (χ0) is 18.5. The van der Waals surface area contributed by atoms with Crippen LogP contribution < -0.4 is 10.3 Å². The standard InChI is InChI=1S/C17H22N6O3/c1-13-16(12-19-8-11-21-9-6-18-7-10-21)17(24)22(20-13)14-2-4-15(5-3-14)23(25)26/h2-5,12,16,18H,6-11H2,1H3/t16-/m1/s1. The summed E-state index contributed by atoms with van der Waals surface area (Å²) in [6, 6.07) is 5.78. The van der Waals surface area contributed by atoms with E-state index in [0.29, 0.717) is 17.9 Å². The van der Waals surface area contributed by atoms with Gasteiger partial charge in [-0.3, -0.25) is 24.8 Å². The van der Waals surface area contributed by atoms with Gasteiger partial charge in [-0.2, -0.15) is 10.1 Å². The summed E-state index contributed by atoms with van der Waals surface area (Å²) < 4.78 is 0. The van der Waals surface area contributed by atoms with Crippen molar-refractivity contribution >= 4 is 29.2 Å². The third kappa shape index (κ3) is 4.12. The van der Waals surface area contributed by atoms with E-state index in [4.69, 9.17) is 0 Å². The lowest BCUT2D eigenvalue weighted by atomic mass is 10.1. The monoisotopic (exact) mass is 358 g/mol. The topological polar surface area (TPSA) is 103 Å². The number of benzene rings is 1. The van der Waals surface area contributed by atoms with Crippen LogP contribution in [0.25, 0.3) is 0 Å². The predicted molar refractivity (Wildman–Crippen MR) is 99.9 cm³/mol. The third-order valence-electron chi connectivity index (χ3n) is 4.50. The number of carbonyl (C=O) groups excluding carboxylic acids is 1. The molecule has 0 aromatic heterocycles. The number of nitro groups is 1. The maximum atomic E-state index is 12.6. The molecule has 0 unspecified atom stereocenters. The molecular formula is C17H22N6O3. The first-order chi connectivity index (χ1) is 12.6. The maximum absolute atomic E-state index is 12.6. The van der Waals surface area contributed by atoms with Crippen LogP contribution in [0.15, 0.2) is 34.4 Å². The van der Waals surface area contributed by atoms with Gasteiger partial charge in [0.25, 0.3) is 11.6 Å². The molecule has 138 valence electrons. The summed E-state index contributed by atoms with van der Waals surface area (Å²) in [4.78, 5) is 29.6. The number of nitrogens with zero attached hydrogens (tertiary/aromatic N) is 5. The SMILES string of the molecule is CC1=NN(c2ccc([N+](=O)[O-])cc2)C(=O)[C@@H]1C=NCCN1CCNCC1. The van der Waals surface area contributed by atoms with Crippen LogP contribution in [0.1, 0.15) is 6.92 Å². The fourth-order valence-corrected chi connectivity index (χ4v) is 2.97. The molecule has 1 amide bonds. The van der Waals surface area contributed by atoms with Crippen LogP contribution in [-0.4, -0.2) is 66.9 Å². The molecule has 0 saturated carbocycles. The average molecular weight is 358 g/mol. The first kappa shape index (κ1) is 18.2. The minimum atomic E-state index is -0.479. The lowest BCUT2D eigenvalue weighted by molar-refractivity contribution is -0.384. The number of hydrogen-bond acceptors (Lipinski definition) is 7. The van der Waals surface area contributed by atoms with Crippen molar-refractivity contribution in [3.05, 3.63) is 34.4 Å². The first-order valence-corrected chi connectivity index (χ1v) is 8.63. The Morgan fingerprint density at radius 1 is 1.35 bits per heavy atom. The van der Waals surface area contributed by atoms with E-state index in [1.165, 1.54) is 29.3 Å². The van der Waals surface area contributed by atoms with Crippen molar-refractivity contribution in [3.8, 4) is 0 Å². The van der Waals surface area contributed by atoms with Gasteiger partial charge >= 0.3 is 0 Å². The smallest absolute Gasteiger partial charge is 0.269 e. The second kappa shape index (κ2) is 8.15. The van der Waals surface area contributed by atoms with E-state index >= 15 is 0 Å². The van der Waals surface area contributed by atoms with Gasteiger partial charge in [-0.05, 0) is 19.1 Å². The van der Waals surface area contributed by atoms with Gasteiger partial charge < -0.3 is 5.32 Å². The molecule has 2 heterocycles. The number of aliphatic imine (C=N–C) groups is 1. The Hall–Kier alpha value is -2.65. The van der Waals surface area contributed by atoms with Gasteiger partial charge in [0.05, 0.1) is 22.9 Å². The van der Waals surface area contributed by atoms with E-state index in [0.717, 1.165) is 32.7 Å². The number of non-ortho nitro benzene ring substituents is 1. The number of hydrogen-bond donors (Lipinski definition) is 1. The van der Waals surface area contributed by atoms with Crippen molar-refractivity contribution in [2.24, 2.45) is 16.0 Å². The summed E-state index contributed by atoms with van der Waals surface area (Å²) in [5, 5.41) is 19.6. The number of nitro benzene ring substituents is 1. The van der Waals surface area contributed by atoms with E-state index in [2.05, 4.69) is 20.3 Å². The average Bonchev–Trinajstić information content (AvgIpc) is 2.94. The number of anilines is 1. The summed E-state index contributed by atoms with van der Waals surface area (Å²) >= 11 is 0. The second-order valence-electron chi connectivity index (χ2n) is 6.29. The molecule has 2 aliphatic heterocycles. The Morgan fingerprint density at radius 2 is 2.04 bits per heavy atom. The van der Waals surface area contributed by atoms with E-state index < -0.39 is 10.8 Å². The molecule has 1 aromatic carbocycles. The predicted octanol–water partition coefficient (Wildman–Crippen LogP) is 0.909. The van der Waals surface area contributed by atoms with Crippen molar-refractivity contribution in [2.75, 3.05) is 44.3 Å². The Kier molecular flexibility index (Phi) is 5.69. The molecule has 9 heteroatoms. The number of hydrazone groups is 1. The lowest BCUT2D eigenvalue weighted by Crippen LogP contribution is -2.44. The van der Waals surface area contributed by atoms with E-state index in [-0.39, 0.29) is 11.6 Å². The summed E-state index contributed by atoms with van der Waals surface area (Å²) in [5.74, 6) is -0.671. The Balaban J connectivity index is 1.58. The summed E-state index contributed by atoms with van der Waals surface area (Å²) in [5.41, 5.74) is 1.16. The highest BCUT2D eigenvalue weighted by Gasteiger charge is 2.33. The van der Waals surface area contributed by atoms with Crippen LogP contribution in [-0.2, 0) is 4.79 Å². The molecule has 26 heavy (non-hydrogen) atoms. The van der Waals surface area contributed by atoms with Crippen molar-refractivity contribution < 1.29 is 9.72 Å². The maximum Gasteiger partial charge on any atom is 0.269 e. The van der Waals surface area contributed by atoms with Gasteiger partial charge in [-0.1, -0.05) is 0 Å². The summed E-state index contributed by atoms with van der Waals surface area (Å²) in [6.07, 6.45) is 1.66. The van der Waals surface area contributed by atoms with Crippen LogP contribution in [0.3, 0.4) is 0 Å². The Bertz CT molecular complexity index is 725. The van der Waals surface area contributed by atoms with E-state index in [9.17, 15) is 14.9 Å². The van der Waals surface area contributed by atoms with E-state index in [1.54, 1.807) is 13.1 Å². The van der Waals surface area contributed by atoms with Crippen LogP contribution in [0.5, 0.6) is 0 Å². The number of nitrogens with one attached hydrogen (secondary N) is 1.